The average molecular weight is 379 g/mol. The lowest BCUT2D eigenvalue weighted by atomic mass is 9.89. The van der Waals surface area contributed by atoms with Crippen molar-refractivity contribution < 1.29 is 9.53 Å². The summed E-state index contributed by atoms with van der Waals surface area (Å²) >= 11 is 0. The van der Waals surface area contributed by atoms with E-state index >= 15 is 0 Å². The molecule has 1 aromatic heterocycles. The average Bonchev–Trinajstić information content (AvgIpc) is 2.90. The SMILES string of the molecule is Cc1ccc2c(c1)OC(C)(C)CC2NC(=O)N1CCCn2nc(C#N)cc2C1. The zero-order valence-electron chi connectivity index (χ0n) is 16.5. The molecule has 2 aliphatic heterocycles. The Hall–Kier alpha value is -3.01. The first-order valence-corrected chi connectivity index (χ1v) is 9.66. The predicted molar refractivity (Wildman–Crippen MR) is 104 cm³/mol. The van der Waals surface area contributed by atoms with Crippen molar-refractivity contribution >= 4 is 6.03 Å². The molecule has 0 spiro atoms. The highest BCUT2D eigenvalue weighted by Gasteiger charge is 2.35. The van der Waals surface area contributed by atoms with Crippen molar-refractivity contribution in [1.82, 2.24) is 20.0 Å². The van der Waals surface area contributed by atoms with E-state index in [4.69, 9.17) is 10.00 Å². The summed E-state index contributed by atoms with van der Waals surface area (Å²) in [6.45, 7) is 7.96. The Bertz CT molecular complexity index is 956. The number of fused-ring (bicyclic) bond motifs is 2. The van der Waals surface area contributed by atoms with Gasteiger partial charge in [-0.15, -0.1) is 0 Å². The van der Waals surface area contributed by atoms with Crippen LogP contribution in [0.4, 0.5) is 4.79 Å². The molecule has 3 heterocycles. The third-order valence-corrected chi connectivity index (χ3v) is 5.34. The normalized spacial score (nSPS) is 20.2. The lowest BCUT2D eigenvalue weighted by Gasteiger charge is -2.38. The molecule has 0 aliphatic carbocycles. The van der Waals surface area contributed by atoms with Crippen LogP contribution in [0.25, 0.3) is 0 Å². The number of aromatic nitrogens is 2. The van der Waals surface area contributed by atoms with Crippen LogP contribution < -0.4 is 10.1 Å². The van der Waals surface area contributed by atoms with Crippen LogP contribution in [0.5, 0.6) is 5.75 Å². The Kier molecular flexibility index (Phi) is 4.50. The van der Waals surface area contributed by atoms with Crippen LogP contribution in [0, 0.1) is 18.3 Å². The van der Waals surface area contributed by atoms with Crippen LogP contribution in [-0.2, 0) is 13.1 Å². The van der Waals surface area contributed by atoms with E-state index in [1.165, 1.54) is 0 Å². The second-order valence-electron chi connectivity index (χ2n) is 8.24. The van der Waals surface area contributed by atoms with Gasteiger partial charge < -0.3 is 15.0 Å². The van der Waals surface area contributed by atoms with Crippen molar-refractivity contribution in [2.75, 3.05) is 6.54 Å². The third-order valence-electron chi connectivity index (χ3n) is 5.34. The van der Waals surface area contributed by atoms with Crippen LogP contribution in [0.1, 0.15) is 55.2 Å². The molecule has 0 bridgehead atoms. The number of nitrogens with zero attached hydrogens (tertiary/aromatic N) is 4. The van der Waals surface area contributed by atoms with Crippen molar-refractivity contribution in [1.29, 1.82) is 5.26 Å². The fourth-order valence-electron chi connectivity index (χ4n) is 4.02. The van der Waals surface area contributed by atoms with Crippen molar-refractivity contribution in [3.63, 3.8) is 0 Å². The molecule has 1 N–H and O–H groups in total. The molecule has 146 valence electrons. The van der Waals surface area contributed by atoms with Gasteiger partial charge >= 0.3 is 6.03 Å². The molecular formula is C21H25N5O2. The fourth-order valence-corrected chi connectivity index (χ4v) is 4.02. The highest BCUT2D eigenvalue weighted by atomic mass is 16.5. The smallest absolute Gasteiger partial charge is 0.318 e. The van der Waals surface area contributed by atoms with E-state index in [0.717, 1.165) is 29.0 Å². The summed E-state index contributed by atoms with van der Waals surface area (Å²) in [6, 6.07) is 9.77. The molecule has 0 saturated carbocycles. The topological polar surface area (TPSA) is 83.2 Å². The number of aryl methyl sites for hydroxylation is 2. The molecule has 1 aromatic carbocycles. The number of carbonyl (C=O) groups is 1. The van der Waals surface area contributed by atoms with E-state index in [0.29, 0.717) is 31.7 Å². The number of urea groups is 1. The van der Waals surface area contributed by atoms with Gasteiger partial charge in [-0.05, 0) is 44.9 Å². The number of carbonyl (C=O) groups excluding carboxylic acids is 1. The van der Waals surface area contributed by atoms with Gasteiger partial charge in [0.25, 0.3) is 0 Å². The maximum atomic E-state index is 13.1. The standard InChI is InChI=1S/C21H25N5O2/c1-14-5-6-17-18(11-21(2,3)28-19(17)9-14)23-20(27)25-7-4-8-26-16(13-25)10-15(12-22)24-26/h5-6,9-10,18H,4,7-8,11,13H2,1-3H3,(H,23,27). The Labute approximate surface area is 164 Å². The molecule has 0 saturated heterocycles. The predicted octanol–water partition coefficient (Wildman–Crippen LogP) is 3.28. The van der Waals surface area contributed by atoms with Gasteiger partial charge in [0.15, 0.2) is 5.69 Å². The van der Waals surface area contributed by atoms with E-state index < -0.39 is 0 Å². The van der Waals surface area contributed by atoms with Crippen molar-refractivity contribution in [3.05, 3.63) is 46.8 Å². The number of hydrogen-bond acceptors (Lipinski definition) is 4. The second kappa shape index (κ2) is 6.86. The summed E-state index contributed by atoms with van der Waals surface area (Å²) < 4.78 is 7.97. The Balaban J connectivity index is 1.54. The molecule has 1 unspecified atom stereocenters. The summed E-state index contributed by atoms with van der Waals surface area (Å²) in [5.41, 5.74) is 3.10. The first-order chi connectivity index (χ1) is 13.3. The molecule has 28 heavy (non-hydrogen) atoms. The number of nitriles is 1. The maximum Gasteiger partial charge on any atom is 0.318 e. The summed E-state index contributed by atoms with van der Waals surface area (Å²) in [4.78, 5) is 14.9. The largest absolute Gasteiger partial charge is 0.487 e. The Morgan fingerprint density at radius 3 is 2.96 bits per heavy atom. The number of nitrogens with one attached hydrogen (secondary N) is 1. The summed E-state index contributed by atoms with van der Waals surface area (Å²) in [5.74, 6) is 0.842. The number of ether oxygens (including phenoxy) is 1. The first kappa shape index (κ1) is 18.4. The molecule has 7 nitrogen and oxygen atoms in total. The van der Waals surface area contributed by atoms with Gasteiger partial charge in [-0.1, -0.05) is 12.1 Å². The fraction of sp³-hybridized carbons (Fsp3) is 0.476. The molecule has 0 fully saturated rings. The summed E-state index contributed by atoms with van der Waals surface area (Å²) in [6.07, 6.45) is 1.52. The second-order valence-corrected chi connectivity index (χ2v) is 8.24. The molecule has 2 amide bonds. The van der Waals surface area contributed by atoms with Crippen LogP contribution in [0.15, 0.2) is 24.3 Å². The van der Waals surface area contributed by atoms with Crippen LogP contribution in [-0.4, -0.2) is 32.9 Å². The van der Waals surface area contributed by atoms with E-state index in [1.807, 2.05) is 43.7 Å². The van der Waals surface area contributed by atoms with Gasteiger partial charge in [0.2, 0.25) is 0 Å². The highest BCUT2D eigenvalue weighted by molar-refractivity contribution is 5.75. The summed E-state index contributed by atoms with van der Waals surface area (Å²) in [5, 5.41) is 16.6. The minimum Gasteiger partial charge on any atom is -0.487 e. The summed E-state index contributed by atoms with van der Waals surface area (Å²) in [7, 11) is 0. The van der Waals surface area contributed by atoms with Gasteiger partial charge in [-0.3, -0.25) is 4.68 Å². The monoisotopic (exact) mass is 379 g/mol. The first-order valence-electron chi connectivity index (χ1n) is 9.66. The lowest BCUT2D eigenvalue weighted by Crippen LogP contribution is -2.46. The third kappa shape index (κ3) is 3.55. The zero-order valence-corrected chi connectivity index (χ0v) is 16.5. The van der Waals surface area contributed by atoms with Gasteiger partial charge in [-0.25, -0.2) is 4.79 Å². The van der Waals surface area contributed by atoms with Gasteiger partial charge in [0, 0.05) is 25.1 Å². The quantitative estimate of drug-likeness (QED) is 0.824. The van der Waals surface area contributed by atoms with Crippen LogP contribution >= 0.6 is 0 Å². The number of benzene rings is 1. The van der Waals surface area contributed by atoms with E-state index in [1.54, 1.807) is 11.0 Å². The molecular weight excluding hydrogens is 354 g/mol. The van der Waals surface area contributed by atoms with Gasteiger partial charge in [0.05, 0.1) is 18.3 Å². The molecule has 2 aromatic rings. The van der Waals surface area contributed by atoms with Crippen molar-refractivity contribution in [3.8, 4) is 11.8 Å². The number of amides is 2. The zero-order chi connectivity index (χ0) is 19.9. The lowest BCUT2D eigenvalue weighted by molar-refractivity contribution is 0.0663. The van der Waals surface area contributed by atoms with Crippen LogP contribution in [0.3, 0.4) is 0 Å². The van der Waals surface area contributed by atoms with Crippen LogP contribution in [0.2, 0.25) is 0 Å². The van der Waals surface area contributed by atoms with E-state index in [2.05, 4.69) is 16.5 Å². The Morgan fingerprint density at radius 2 is 2.18 bits per heavy atom. The maximum absolute atomic E-state index is 13.1. The minimum absolute atomic E-state index is 0.0950. The van der Waals surface area contributed by atoms with Gasteiger partial charge in [-0.2, -0.15) is 10.4 Å². The van der Waals surface area contributed by atoms with Crippen molar-refractivity contribution in [2.45, 2.75) is 58.3 Å². The minimum atomic E-state index is -0.349. The molecule has 2 aliphatic rings. The number of rotatable bonds is 1. The van der Waals surface area contributed by atoms with E-state index in [-0.39, 0.29) is 17.7 Å². The molecule has 1 atom stereocenters. The van der Waals surface area contributed by atoms with E-state index in [9.17, 15) is 4.79 Å². The highest BCUT2D eigenvalue weighted by Crippen LogP contribution is 2.40. The van der Waals surface area contributed by atoms with Crippen molar-refractivity contribution in [2.24, 2.45) is 0 Å². The molecule has 7 heteroatoms. The number of hydrogen-bond donors (Lipinski definition) is 1. The Morgan fingerprint density at radius 1 is 1.36 bits per heavy atom. The van der Waals surface area contributed by atoms with Gasteiger partial charge in [0.1, 0.15) is 17.4 Å². The molecule has 4 rings (SSSR count). The molecule has 0 radical (unpaired) electrons.